The van der Waals surface area contributed by atoms with Crippen molar-refractivity contribution in [2.75, 3.05) is 0 Å². The molecule has 0 aliphatic rings. The summed E-state index contributed by atoms with van der Waals surface area (Å²) >= 11 is 7.80. The molecular weight excluding hydrogens is 214 g/mol. The maximum absolute atomic E-state index is 6.08. The van der Waals surface area contributed by atoms with Gasteiger partial charge in [0.1, 0.15) is 5.15 Å². The quantitative estimate of drug-likeness (QED) is 0.710. The van der Waals surface area contributed by atoms with E-state index in [2.05, 4.69) is 23.4 Å². The number of thiophene rings is 1. The summed E-state index contributed by atoms with van der Waals surface area (Å²) in [7, 11) is 0. The molecule has 0 saturated carbocycles. The molecule has 0 saturated heterocycles. The molecule has 2 aromatic rings. The number of aromatic nitrogens is 1. The van der Waals surface area contributed by atoms with Gasteiger partial charge in [-0.15, -0.1) is 11.3 Å². The molecule has 1 nitrogen and oxygen atoms in total. The van der Waals surface area contributed by atoms with Gasteiger partial charge in [-0.3, -0.25) is 0 Å². The molecule has 0 aliphatic carbocycles. The van der Waals surface area contributed by atoms with Crippen molar-refractivity contribution in [3.05, 3.63) is 28.4 Å². The fourth-order valence-electron chi connectivity index (χ4n) is 1.46. The molecule has 0 bridgehead atoms. The molecule has 2 rings (SSSR count). The summed E-state index contributed by atoms with van der Waals surface area (Å²) in [6.45, 7) is 2.19. The Morgan fingerprint density at radius 1 is 1.50 bits per heavy atom. The summed E-state index contributed by atoms with van der Waals surface area (Å²) in [6.07, 6.45) is 3.41. The standard InChI is InChI=1S/C11H12ClNS/c1-2-3-4-8-7-10-9(5-6-14-10)11(12)13-8/h5-7H,2-4H2,1H3. The van der Waals surface area contributed by atoms with Gasteiger partial charge in [0.25, 0.3) is 0 Å². The van der Waals surface area contributed by atoms with Gasteiger partial charge in [0.15, 0.2) is 0 Å². The van der Waals surface area contributed by atoms with Gasteiger partial charge in [-0.1, -0.05) is 24.9 Å². The number of hydrogen-bond acceptors (Lipinski definition) is 2. The smallest absolute Gasteiger partial charge is 0.137 e. The lowest BCUT2D eigenvalue weighted by Gasteiger charge is -2.00. The number of unbranched alkanes of at least 4 members (excludes halogenated alkanes) is 1. The van der Waals surface area contributed by atoms with Gasteiger partial charge in [0.2, 0.25) is 0 Å². The van der Waals surface area contributed by atoms with E-state index in [0.717, 1.165) is 17.5 Å². The van der Waals surface area contributed by atoms with Crippen LogP contribution in [-0.2, 0) is 6.42 Å². The maximum Gasteiger partial charge on any atom is 0.137 e. The molecule has 0 radical (unpaired) electrons. The maximum atomic E-state index is 6.08. The zero-order chi connectivity index (χ0) is 9.97. The van der Waals surface area contributed by atoms with Gasteiger partial charge in [-0.05, 0) is 30.4 Å². The topological polar surface area (TPSA) is 12.9 Å². The Labute approximate surface area is 92.7 Å². The second kappa shape index (κ2) is 4.28. The van der Waals surface area contributed by atoms with E-state index in [1.54, 1.807) is 11.3 Å². The van der Waals surface area contributed by atoms with Crippen LogP contribution in [0.5, 0.6) is 0 Å². The van der Waals surface area contributed by atoms with Crippen LogP contribution < -0.4 is 0 Å². The molecule has 0 N–H and O–H groups in total. The Balaban J connectivity index is 2.38. The first-order valence-corrected chi connectivity index (χ1v) is 6.09. The monoisotopic (exact) mass is 225 g/mol. The van der Waals surface area contributed by atoms with Gasteiger partial charge in [0, 0.05) is 15.8 Å². The van der Waals surface area contributed by atoms with Crippen LogP contribution in [0, 0.1) is 0 Å². The van der Waals surface area contributed by atoms with Crippen molar-refractivity contribution in [3.63, 3.8) is 0 Å². The second-order valence-electron chi connectivity index (χ2n) is 3.34. The summed E-state index contributed by atoms with van der Waals surface area (Å²) in [5.41, 5.74) is 1.12. The van der Waals surface area contributed by atoms with Gasteiger partial charge < -0.3 is 0 Å². The van der Waals surface area contributed by atoms with Crippen LogP contribution in [0.2, 0.25) is 5.15 Å². The molecule has 0 spiro atoms. The van der Waals surface area contributed by atoms with Gasteiger partial charge in [-0.25, -0.2) is 4.98 Å². The minimum absolute atomic E-state index is 0.648. The lowest BCUT2D eigenvalue weighted by molar-refractivity contribution is 0.778. The van der Waals surface area contributed by atoms with Crippen LogP contribution in [0.4, 0.5) is 0 Å². The molecule has 0 unspecified atom stereocenters. The lowest BCUT2D eigenvalue weighted by Crippen LogP contribution is -1.89. The molecular formula is C11H12ClNS. The number of halogens is 1. The fraction of sp³-hybridized carbons (Fsp3) is 0.364. The number of aryl methyl sites for hydroxylation is 1. The van der Waals surface area contributed by atoms with Crippen LogP contribution in [0.15, 0.2) is 17.5 Å². The molecule has 0 fully saturated rings. The number of hydrogen-bond donors (Lipinski definition) is 0. The van der Waals surface area contributed by atoms with E-state index in [-0.39, 0.29) is 0 Å². The van der Waals surface area contributed by atoms with Crippen LogP contribution in [0.25, 0.3) is 10.1 Å². The minimum Gasteiger partial charge on any atom is -0.240 e. The first-order chi connectivity index (χ1) is 6.81. The fourth-order valence-corrected chi connectivity index (χ4v) is 2.63. The Bertz CT molecular complexity index is 436. The predicted molar refractivity (Wildman–Crippen MR) is 63.2 cm³/mol. The zero-order valence-corrected chi connectivity index (χ0v) is 9.66. The summed E-state index contributed by atoms with van der Waals surface area (Å²) in [4.78, 5) is 4.38. The van der Waals surface area contributed by atoms with Crippen LogP contribution in [-0.4, -0.2) is 4.98 Å². The molecule has 3 heteroatoms. The van der Waals surface area contributed by atoms with Crippen molar-refractivity contribution in [1.29, 1.82) is 0 Å². The third-order valence-electron chi connectivity index (χ3n) is 2.24. The molecule has 0 atom stereocenters. The average Bonchev–Trinajstić information content (AvgIpc) is 2.63. The van der Waals surface area contributed by atoms with Crippen LogP contribution in [0.1, 0.15) is 25.5 Å². The van der Waals surface area contributed by atoms with E-state index in [0.29, 0.717) is 5.15 Å². The minimum atomic E-state index is 0.648. The number of nitrogens with zero attached hydrogens (tertiary/aromatic N) is 1. The normalized spacial score (nSPS) is 11.0. The van der Waals surface area contributed by atoms with Gasteiger partial charge in [0.05, 0.1) is 0 Å². The van der Waals surface area contributed by atoms with Crippen molar-refractivity contribution in [1.82, 2.24) is 4.98 Å². The molecule has 2 aromatic heterocycles. The van der Waals surface area contributed by atoms with Gasteiger partial charge >= 0.3 is 0 Å². The summed E-state index contributed by atoms with van der Waals surface area (Å²) in [5, 5.41) is 3.79. The third kappa shape index (κ3) is 1.91. The van der Waals surface area contributed by atoms with Crippen LogP contribution >= 0.6 is 22.9 Å². The van der Waals surface area contributed by atoms with Crippen molar-refractivity contribution in [3.8, 4) is 0 Å². The highest BCUT2D eigenvalue weighted by molar-refractivity contribution is 7.17. The Kier molecular flexibility index (Phi) is 3.04. The first kappa shape index (κ1) is 9.94. The largest absolute Gasteiger partial charge is 0.240 e. The molecule has 2 heterocycles. The highest BCUT2D eigenvalue weighted by Gasteiger charge is 2.04. The van der Waals surface area contributed by atoms with E-state index in [1.165, 1.54) is 17.5 Å². The molecule has 0 amide bonds. The Morgan fingerprint density at radius 2 is 2.36 bits per heavy atom. The molecule has 0 aliphatic heterocycles. The van der Waals surface area contributed by atoms with Crippen molar-refractivity contribution < 1.29 is 0 Å². The highest BCUT2D eigenvalue weighted by Crippen LogP contribution is 2.27. The first-order valence-electron chi connectivity index (χ1n) is 4.84. The number of rotatable bonds is 3. The Morgan fingerprint density at radius 3 is 3.14 bits per heavy atom. The van der Waals surface area contributed by atoms with E-state index < -0.39 is 0 Å². The summed E-state index contributed by atoms with van der Waals surface area (Å²) in [6, 6.07) is 4.18. The van der Waals surface area contributed by atoms with Crippen molar-refractivity contribution in [2.24, 2.45) is 0 Å². The van der Waals surface area contributed by atoms with Crippen molar-refractivity contribution >= 4 is 33.0 Å². The number of fused-ring (bicyclic) bond motifs is 1. The second-order valence-corrected chi connectivity index (χ2v) is 4.65. The van der Waals surface area contributed by atoms with E-state index >= 15 is 0 Å². The van der Waals surface area contributed by atoms with Crippen LogP contribution in [0.3, 0.4) is 0 Å². The molecule has 14 heavy (non-hydrogen) atoms. The molecule has 74 valence electrons. The zero-order valence-electron chi connectivity index (χ0n) is 8.09. The van der Waals surface area contributed by atoms with E-state index in [9.17, 15) is 0 Å². The highest BCUT2D eigenvalue weighted by atomic mass is 35.5. The van der Waals surface area contributed by atoms with E-state index in [1.807, 2.05) is 6.07 Å². The lowest BCUT2D eigenvalue weighted by atomic mass is 10.2. The SMILES string of the molecule is CCCCc1cc2sccc2c(Cl)n1. The number of pyridine rings is 1. The predicted octanol–water partition coefficient (Wildman–Crippen LogP) is 4.29. The van der Waals surface area contributed by atoms with Crippen molar-refractivity contribution in [2.45, 2.75) is 26.2 Å². The third-order valence-corrected chi connectivity index (χ3v) is 3.40. The van der Waals surface area contributed by atoms with Gasteiger partial charge in [-0.2, -0.15) is 0 Å². The Hall–Kier alpha value is -0.600. The molecule has 0 aromatic carbocycles. The van der Waals surface area contributed by atoms with E-state index in [4.69, 9.17) is 11.6 Å². The summed E-state index contributed by atoms with van der Waals surface area (Å²) in [5.74, 6) is 0. The summed E-state index contributed by atoms with van der Waals surface area (Å²) < 4.78 is 1.25. The average molecular weight is 226 g/mol.